The Bertz CT molecular complexity index is 527. The smallest absolute Gasteiger partial charge is 0.235 e. The summed E-state index contributed by atoms with van der Waals surface area (Å²) in [5, 5.41) is 0. The van der Waals surface area contributed by atoms with E-state index in [0.717, 1.165) is 38.5 Å². The Morgan fingerprint density at radius 2 is 2.05 bits per heavy atom. The third kappa shape index (κ3) is 2.41. The highest BCUT2D eigenvalue weighted by Crippen LogP contribution is 2.46. The van der Waals surface area contributed by atoms with Gasteiger partial charge in [-0.25, -0.2) is 9.18 Å². The first kappa shape index (κ1) is 12.4. The van der Waals surface area contributed by atoms with E-state index in [1.165, 1.54) is 12.1 Å². The number of rotatable bonds is 4. The molecule has 0 N–H and O–H groups in total. The minimum atomic E-state index is -0.631. The Labute approximate surface area is 111 Å². The molecule has 0 saturated heterocycles. The summed E-state index contributed by atoms with van der Waals surface area (Å²) in [6, 6.07) is 4.52. The van der Waals surface area contributed by atoms with E-state index in [9.17, 15) is 9.18 Å². The molecule has 0 amide bonds. The second-order valence-electron chi connectivity index (χ2n) is 5.40. The van der Waals surface area contributed by atoms with Crippen LogP contribution in [0.1, 0.15) is 44.1 Å². The van der Waals surface area contributed by atoms with E-state index in [-0.39, 0.29) is 11.9 Å². The van der Waals surface area contributed by atoms with Gasteiger partial charge in [0.1, 0.15) is 17.1 Å². The Balaban J connectivity index is 2.04. The van der Waals surface area contributed by atoms with Crippen molar-refractivity contribution in [3.05, 3.63) is 29.6 Å². The van der Waals surface area contributed by atoms with Gasteiger partial charge in [-0.15, -0.1) is 0 Å². The van der Waals surface area contributed by atoms with Crippen LogP contribution >= 0.6 is 0 Å². The Morgan fingerprint density at radius 1 is 1.32 bits per heavy atom. The van der Waals surface area contributed by atoms with Gasteiger partial charge in [0.2, 0.25) is 6.08 Å². The molecular formula is C15H16FNO2. The fourth-order valence-corrected chi connectivity index (χ4v) is 2.82. The third-order valence-electron chi connectivity index (χ3n) is 3.95. The summed E-state index contributed by atoms with van der Waals surface area (Å²) in [7, 11) is 0. The van der Waals surface area contributed by atoms with E-state index in [1.807, 2.05) is 0 Å². The molecule has 0 radical (unpaired) electrons. The number of nitrogens with zero attached hydrogens (tertiary/aromatic N) is 1. The molecular weight excluding hydrogens is 245 g/mol. The number of isocyanates is 1. The molecule has 100 valence electrons. The first-order valence-electron chi connectivity index (χ1n) is 6.79. The van der Waals surface area contributed by atoms with Crippen molar-refractivity contribution >= 4 is 6.08 Å². The van der Waals surface area contributed by atoms with E-state index in [4.69, 9.17) is 4.74 Å². The van der Waals surface area contributed by atoms with Crippen molar-refractivity contribution in [3.8, 4) is 5.75 Å². The van der Waals surface area contributed by atoms with Crippen molar-refractivity contribution in [3.63, 3.8) is 0 Å². The molecule has 1 aromatic carbocycles. The van der Waals surface area contributed by atoms with Crippen LogP contribution in [-0.2, 0) is 10.3 Å². The molecule has 2 fully saturated rings. The van der Waals surface area contributed by atoms with Crippen LogP contribution in [0.25, 0.3) is 0 Å². The summed E-state index contributed by atoms with van der Waals surface area (Å²) in [5.41, 5.74) is 0.0777. The molecule has 0 aromatic heterocycles. The maximum Gasteiger partial charge on any atom is 0.235 e. The van der Waals surface area contributed by atoms with Gasteiger partial charge in [-0.05, 0) is 43.9 Å². The lowest BCUT2D eigenvalue weighted by molar-refractivity contribution is 0.289. The molecule has 2 saturated carbocycles. The van der Waals surface area contributed by atoms with Crippen molar-refractivity contribution in [2.45, 2.75) is 50.2 Å². The predicted molar refractivity (Wildman–Crippen MR) is 68.3 cm³/mol. The second kappa shape index (κ2) is 4.78. The number of hydrogen-bond donors (Lipinski definition) is 0. The van der Waals surface area contributed by atoms with Gasteiger partial charge in [0.05, 0.1) is 6.10 Å². The van der Waals surface area contributed by atoms with Gasteiger partial charge < -0.3 is 4.74 Å². The average Bonchev–Trinajstić information content (AvgIpc) is 3.09. The first-order chi connectivity index (χ1) is 9.23. The lowest BCUT2D eigenvalue weighted by Gasteiger charge is -2.25. The van der Waals surface area contributed by atoms with Gasteiger partial charge >= 0.3 is 0 Å². The molecule has 2 aliphatic carbocycles. The molecule has 2 aliphatic rings. The Morgan fingerprint density at radius 3 is 2.68 bits per heavy atom. The number of benzene rings is 1. The maximum atomic E-state index is 13.6. The van der Waals surface area contributed by atoms with E-state index in [1.54, 1.807) is 12.1 Å². The summed E-state index contributed by atoms with van der Waals surface area (Å²) in [6.45, 7) is 0. The molecule has 0 unspecified atom stereocenters. The minimum absolute atomic E-state index is 0.239. The highest BCUT2D eigenvalue weighted by Gasteiger charge is 2.39. The zero-order valence-corrected chi connectivity index (χ0v) is 10.7. The van der Waals surface area contributed by atoms with Gasteiger partial charge in [-0.1, -0.05) is 12.8 Å². The van der Waals surface area contributed by atoms with Crippen LogP contribution in [0.2, 0.25) is 0 Å². The molecule has 0 bridgehead atoms. The molecule has 3 nitrogen and oxygen atoms in total. The third-order valence-corrected chi connectivity index (χ3v) is 3.95. The van der Waals surface area contributed by atoms with E-state index < -0.39 is 5.54 Å². The van der Waals surface area contributed by atoms with E-state index in [2.05, 4.69) is 4.99 Å². The van der Waals surface area contributed by atoms with Crippen LogP contribution in [0.15, 0.2) is 23.2 Å². The number of halogens is 1. The van der Waals surface area contributed by atoms with Crippen molar-refractivity contribution < 1.29 is 13.9 Å². The van der Waals surface area contributed by atoms with Crippen LogP contribution in [0.5, 0.6) is 5.75 Å². The van der Waals surface area contributed by atoms with Crippen LogP contribution < -0.4 is 4.74 Å². The molecule has 0 atom stereocenters. The molecule has 19 heavy (non-hydrogen) atoms. The number of ether oxygens (including phenoxy) is 1. The van der Waals surface area contributed by atoms with Crippen molar-refractivity contribution in [1.82, 2.24) is 0 Å². The summed E-state index contributed by atoms with van der Waals surface area (Å²) in [4.78, 5) is 14.7. The number of hydrogen-bond acceptors (Lipinski definition) is 3. The molecule has 1 aromatic rings. The maximum absolute atomic E-state index is 13.6. The molecule has 3 rings (SSSR count). The number of carbonyl (C=O) groups excluding carboxylic acids is 1. The average molecular weight is 261 g/mol. The van der Waals surface area contributed by atoms with Gasteiger partial charge in [0, 0.05) is 5.56 Å². The van der Waals surface area contributed by atoms with Crippen molar-refractivity contribution in [2.24, 2.45) is 4.99 Å². The van der Waals surface area contributed by atoms with Crippen LogP contribution in [0, 0.1) is 5.82 Å². The second-order valence-corrected chi connectivity index (χ2v) is 5.40. The summed E-state index contributed by atoms with van der Waals surface area (Å²) in [6.07, 6.45) is 7.48. The SMILES string of the molecule is O=C=NC1(c2cc(F)ccc2OC2CC2)CCCC1. The molecule has 0 aliphatic heterocycles. The first-order valence-corrected chi connectivity index (χ1v) is 6.79. The Hall–Kier alpha value is -1.67. The summed E-state index contributed by atoms with van der Waals surface area (Å²) < 4.78 is 19.4. The van der Waals surface area contributed by atoms with E-state index >= 15 is 0 Å². The zero-order valence-electron chi connectivity index (χ0n) is 10.7. The Kier molecular flexibility index (Phi) is 3.11. The minimum Gasteiger partial charge on any atom is -0.490 e. The highest BCUT2D eigenvalue weighted by atomic mass is 19.1. The zero-order chi connectivity index (χ0) is 13.3. The summed E-state index contributed by atoms with van der Waals surface area (Å²) in [5.74, 6) is 0.357. The standard InChI is InChI=1S/C15H16FNO2/c16-11-3-6-14(19-12-4-5-12)13(9-11)15(17-10-18)7-1-2-8-15/h3,6,9,12H,1-2,4-5,7-8H2. The van der Waals surface area contributed by atoms with Gasteiger partial charge in [0.15, 0.2) is 0 Å². The molecule has 0 spiro atoms. The normalized spacial score (nSPS) is 20.9. The van der Waals surface area contributed by atoms with Gasteiger partial charge in [0.25, 0.3) is 0 Å². The van der Waals surface area contributed by atoms with Gasteiger partial charge in [-0.2, -0.15) is 4.99 Å². The topological polar surface area (TPSA) is 38.7 Å². The van der Waals surface area contributed by atoms with E-state index in [0.29, 0.717) is 11.3 Å². The van der Waals surface area contributed by atoms with Gasteiger partial charge in [-0.3, -0.25) is 0 Å². The highest BCUT2D eigenvalue weighted by molar-refractivity contribution is 5.45. The molecule has 0 heterocycles. The number of aliphatic imine (C=N–C) groups is 1. The fourth-order valence-electron chi connectivity index (χ4n) is 2.82. The summed E-state index contributed by atoms with van der Waals surface area (Å²) >= 11 is 0. The van der Waals surface area contributed by atoms with Crippen LogP contribution in [-0.4, -0.2) is 12.2 Å². The lowest BCUT2D eigenvalue weighted by atomic mass is 9.88. The monoisotopic (exact) mass is 261 g/mol. The predicted octanol–water partition coefficient (Wildman–Crippen LogP) is 3.47. The van der Waals surface area contributed by atoms with Crippen molar-refractivity contribution in [1.29, 1.82) is 0 Å². The van der Waals surface area contributed by atoms with Crippen LogP contribution in [0.3, 0.4) is 0 Å². The molecule has 4 heteroatoms. The fraction of sp³-hybridized carbons (Fsp3) is 0.533. The quantitative estimate of drug-likeness (QED) is 0.615. The lowest BCUT2D eigenvalue weighted by Crippen LogP contribution is -2.21. The largest absolute Gasteiger partial charge is 0.490 e. The van der Waals surface area contributed by atoms with Crippen molar-refractivity contribution in [2.75, 3.05) is 0 Å². The van der Waals surface area contributed by atoms with Crippen LogP contribution in [0.4, 0.5) is 4.39 Å².